The van der Waals surface area contributed by atoms with Gasteiger partial charge in [0.15, 0.2) is 0 Å². The summed E-state index contributed by atoms with van der Waals surface area (Å²) in [6.07, 6.45) is 1.13. The minimum Gasteiger partial charge on any atom is -0.508 e. The van der Waals surface area contributed by atoms with Crippen LogP contribution in [0.2, 0.25) is 0 Å². The van der Waals surface area contributed by atoms with Gasteiger partial charge < -0.3 is 21.7 Å². The van der Waals surface area contributed by atoms with Gasteiger partial charge in [0.2, 0.25) is 0 Å². The molecule has 6 N–H and O–H groups in total. The maximum Gasteiger partial charge on any atom is 0.333 e. The number of carboxylic acids is 1. The summed E-state index contributed by atoms with van der Waals surface area (Å²) in [6, 6.07) is -0.320. The Balaban J connectivity index is 4.96. The van der Waals surface area contributed by atoms with E-state index in [9.17, 15) is 9.90 Å². The maximum absolute atomic E-state index is 10.5. The van der Waals surface area contributed by atoms with Crippen molar-refractivity contribution in [2.45, 2.75) is 19.9 Å². The van der Waals surface area contributed by atoms with Gasteiger partial charge >= 0.3 is 5.97 Å². The van der Waals surface area contributed by atoms with Gasteiger partial charge in [0.25, 0.3) is 0 Å². The third-order valence-corrected chi connectivity index (χ3v) is 1.89. The standard InChI is InChI=1S/C9H16N2O3/c1-5(6(2)11)8(12)3-7(4-10)9(13)14/h3,6,12H,4,10-11H2,1-2H3,(H,13,14)/b7-3+,8-5+. The van der Waals surface area contributed by atoms with Crippen LogP contribution in [0.25, 0.3) is 0 Å². The number of rotatable bonds is 4. The Labute approximate surface area is 82.7 Å². The molecule has 0 aliphatic rings. The van der Waals surface area contributed by atoms with Gasteiger partial charge in [0, 0.05) is 12.6 Å². The highest BCUT2D eigenvalue weighted by Crippen LogP contribution is 2.08. The third kappa shape index (κ3) is 3.59. The number of carboxylic acid groups (broad SMARTS) is 1. The van der Waals surface area contributed by atoms with Crippen molar-refractivity contribution in [2.75, 3.05) is 6.54 Å². The average Bonchev–Trinajstić information content (AvgIpc) is 2.11. The van der Waals surface area contributed by atoms with Crippen molar-refractivity contribution in [2.24, 2.45) is 11.5 Å². The molecule has 0 rings (SSSR count). The summed E-state index contributed by atoms with van der Waals surface area (Å²) in [4.78, 5) is 10.5. The van der Waals surface area contributed by atoms with Crippen LogP contribution in [0.3, 0.4) is 0 Å². The molecule has 0 aliphatic heterocycles. The van der Waals surface area contributed by atoms with Crippen LogP contribution in [0.1, 0.15) is 13.8 Å². The number of nitrogens with two attached hydrogens (primary N) is 2. The monoisotopic (exact) mass is 200 g/mol. The number of aliphatic hydroxyl groups excluding tert-OH is 1. The lowest BCUT2D eigenvalue weighted by Crippen LogP contribution is -2.18. The molecule has 0 spiro atoms. The maximum atomic E-state index is 10.5. The molecule has 0 aromatic carbocycles. The summed E-state index contributed by atoms with van der Waals surface area (Å²) in [5.74, 6) is -1.28. The molecule has 1 atom stereocenters. The zero-order valence-corrected chi connectivity index (χ0v) is 8.32. The van der Waals surface area contributed by atoms with Gasteiger partial charge in [0.05, 0.1) is 5.57 Å². The van der Waals surface area contributed by atoms with Crippen LogP contribution >= 0.6 is 0 Å². The van der Waals surface area contributed by atoms with E-state index in [0.717, 1.165) is 6.08 Å². The minimum atomic E-state index is -1.14. The van der Waals surface area contributed by atoms with E-state index in [4.69, 9.17) is 16.6 Å². The highest BCUT2D eigenvalue weighted by atomic mass is 16.4. The van der Waals surface area contributed by atoms with Crippen LogP contribution in [0.4, 0.5) is 0 Å². The first kappa shape index (κ1) is 12.7. The number of hydrogen-bond acceptors (Lipinski definition) is 4. The summed E-state index contributed by atoms with van der Waals surface area (Å²) in [6.45, 7) is 3.19. The van der Waals surface area contributed by atoms with Gasteiger partial charge in [-0.05, 0) is 25.5 Å². The SMILES string of the molecule is C/C(=C(O)/C=C(\CN)C(=O)O)C(C)N. The van der Waals surface area contributed by atoms with Crippen molar-refractivity contribution < 1.29 is 15.0 Å². The molecule has 0 radical (unpaired) electrons. The molecule has 14 heavy (non-hydrogen) atoms. The lowest BCUT2D eigenvalue weighted by Gasteiger charge is -2.07. The summed E-state index contributed by atoms with van der Waals surface area (Å²) in [5, 5.41) is 18.1. The van der Waals surface area contributed by atoms with Crippen molar-refractivity contribution in [1.82, 2.24) is 0 Å². The van der Waals surface area contributed by atoms with E-state index in [2.05, 4.69) is 0 Å². The fraction of sp³-hybridized carbons (Fsp3) is 0.444. The molecule has 0 heterocycles. The predicted molar refractivity (Wildman–Crippen MR) is 53.8 cm³/mol. The Morgan fingerprint density at radius 3 is 2.29 bits per heavy atom. The summed E-state index contributed by atoms with van der Waals surface area (Å²) >= 11 is 0. The Morgan fingerprint density at radius 1 is 1.50 bits per heavy atom. The number of carbonyl (C=O) groups is 1. The quantitative estimate of drug-likeness (QED) is 0.293. The molecule has 0 saturated heterocycles. The van der Waals surface area contributed by atoms with Crippen LogP contribution in [0.15, 0.2) is 23.0 Å². The number of hydrogen-bond donors (Lipinski definition) is 4. The highest BCUT2D eigenvalue weighted by molar-refractivity contribution is 5.87. The second kappa shape index (κ2) is 5.41. The minimum absolute atomic E-state index is 0.0532. The molecular weight excluding hydrogens is 184 g/mol. The van der Waals surface area contributed by atoms with Crippen LogP contribution < -0.4 is 11.5 Å². The molecule has 0 bridgehead atoms. The van der Waals surface area contributed by atoms with Crippen molar-refractivity contribution in [3.8, 4) is 0 Å². The van der Waals surface area contributed by atoms with Crippen LogP contribution in [0, 0.1) is 0 Å². The number of allylic oxidation sites excluding steroid dienone is 1. The summed E-state index contributed by atoms with van der Waals surface area (Å²) in [5.41, 5.74) is 11.2. The van der Waals surface area contributed by atoms with Gasteiger partial charge in [-0.1, -0.05) is 0 Å². The van der Waals surface area contributed by atoms with Gasteiger partial charge in [0.1, 0.15) is 5.76 Å². The Hall–Kier alpha value is -1.33. The number of aliphatic carboxylic acids is 1. The topological polar surface area (TPSA) is 110 Å². The summed E-state index contributed by atoms with van der Waals surface area (Å²) in [7, 11) is 0. The first-order valence-electron chi connectivity index (χ1n) is 4.19. The normalized spacial score (nSPS) is 16.1. The molecule has 0 amide bonds. The van der Waals surface area contributed by atoms with Gasteiger partial charge in [-0.15, -0.1) is 0 Å². The zero-order chi connectivity index (χ0) is 11.3. The van der Waals surface area contributed by atoms with Crippen LogP contribution in [-0.2, 0) is 4.79 Å². The number of aliphatic hydroxyl groups is 1. The average molecular weight is 200 g/mol. The molecule has 0 aromatic heterocycles. The van der Waals surface area contributed by atoms with E-state index in [1.165, 1.54) is 0 Å². The molecule has 0 saturated carbocycles. The highest BCUT2D eigenvalue weighted by Gasteiger charge is 2.08. The Kier molecular flexibility index (Phi) is 4.90. The van der Waals surface area contributed by atoms with Crippen molar-refractivity contribution >= 4 is 5.97 Å². The second-order valence-corrected chi connectivity index (χ2v) is 3.04. The first-order chi connectivity index (χ1) is 6.40. The fourth-order valence-corrected chi connectivity index (χ4v) is 0.720. The van der Waals surface area contributed by atoms with Gasteiger partial charge in [-0.3, -0.25) is 0 Å². The third-order valence-electron chi connectivity index (χ3n) is 1.89. The molecule has 5 heteroatoms. The second-order valence-electron chi connectivity index (χ2n) is 3.04. The Morgan fingerprint density at radius 2 is 2.00 bits per heavy atom. The van der Waals surface area contributed by atoms with Crippen molar-refractivity contribution in [3.05, 3.63) is 23.0 Å². The van der Waals surface area contributed by atoms with Crippen LogP contribution in [0.5, 0.6) is 0 Å². The van der Waals surface area contributed by atoms with Crippen LogP contribution in [-0.4, -0.2) is 28.8 Å². The van der Waals surface area contributed by atoms with Gasteiger partial charge in [-0.25, -0.2) is 4.79 Å². The van der Waals surface area contributed by atoms with E-state index in [1.807, 2.05) is 0 Å². The van der Waals surface area contributed by atoms with E-state index in [1.54, 1.807) is 13.8 Å². The molecule has 0 aromatic rings. The smallest absolute Gasteiger partial charge is 0.333 e. The molecule has 0 aliphatic carbocycles. The van der Waals surface area contributed by atoms with Crippen molar-refractivity contribution in [1.29, 1.82) is 0 Å². The Bertz CT molecular complexity index is 280. The zero-order valence-electron chi connectivity index (χ0n) is 8.32. The molecular formula is C9H16N2O3. The fourth-order valence-electron chi connectivity index (χ4n) is 0.720. The van der Waals surface area contributed by atoms with Gasteiger partial charge in [-0.2, -0.15) is 0 Å². The molecule has 1 unspecified atom stereocenters. The summed E-state index contributed by atoms with van der Waals surface area (Å²) < 4.78 is 0. The molecule has 5 nitrogen and oxygen atoms in total. The lowest BCUT2D eigenvalue weighted by molar-refractivity contribution is -0.132. The molecule has 80 valence electrons. The van der Waals surface area contributed by atoms with Crippen molar-refractivity contribution in [3.63, 3.8) is 0 Å². The lowest BCUT2D eigenvalue weighted by atomic mass is 10.1. The first-order valence-corrected chi connectivity index (χ1v) is 4.19. The van der Waals surface area contributed by atoms with E-state index >= 15 is 0 Å². The largest absolute Gasteiger partial charge is 0.508 e. The van der Waals surface area contributed by atoms with E-state index < -0.39 is 5.97 Å². The molecule has 0 fully saturated rings. The van der Waals surface area contributed by atoms with E-state index in [0.29, 0.717) is 5.57 Å². The van der Waals surface area contributed by atoms with E-state index in [-0.39, 0.29) is 23.9 Å². The predicted octanol–water partition coefficient (Wildman–Crippen LogP) is 0.135.